The van der Waals surface area contributed by atoms with Gasteiger partial charge in [0.1, 0.15) is 5.69 Å². The number of aryl methyl sites for hydroxylation is 1. The number of nitrogens with one attached hydrogen (secondary N) is 1. The van der Waals surface area contributed by atoms with Gasteiger partial charge in [-0.25, -0.2) is 0 Å². The Bertz CT molecular complexity index is 447. The van der Waals surface area contributed by atoms with Crippen LogP contribution in [0.1, 0.15) is 42.2 Å². The molecule has 1 unspecified atom stereocenters. The second kappa shape index (κ2) is 7.39. The van der Waals surface area contributed by atoms with Gasteiger partial charge in [0, 0.05) is 19.3 Å². The minimum Gasteiger partial charge on any atom is -0.351 e. The topological polar surface area (TPSA) is 45.2 Å². The zero-order chi connectivity index (χ0) is 14.4. The summed E-state index contributed by atoms with van der Waals surface area (Å²) in [6.07, 6.45) is 5.30. The van der Waals surface area contributed by atoms with Gasteiger partial charge in [-0.2, -0.15) is 0 Å². The molecule has 4 nitrogen and oxygen atoms in total. The molecule has 0 bridgehead atoms. The highest BCUT2D eigenvalue weighted by molar-refractivity contribution is 5.93. The van der Waals surface area contributed by atoms with Crippen molar-refractivity contribution in [1.29, 1.82) is 0 Å². The van der Waals surface area contributed by atoms with Gasteiger partial charge >= 0.3 is 0 Å². The van der Waals surface area contributed by atoms with Gasteiger partial charge in [0.05, 0.1) is 0 Å². The Kier molecular flexibility index (Phi) is 5.53. The maximum atomic E-state index is 12.0. The van der Waals surface area contributed by atoms with Crippen molar-refractivity contribution in [3.05, 3.63) is 29.6 Å². The number of hydrogen-bond donors (Lipinski definition) is 1. The first-order valence-corrected chi connectivity index (χ1v) is 7.63. The van der Waals surface area contributed by atoms with Crippen molar-refractivity contribution in [2.75, 3.05) is 26.2 Å². The number of nitrogens with zero attached hydrogens (tertiary/aromatic N) is 2. The fraction of sp³-hybridized carbons (Fsp3) is 0.625. The van der Waals surface area contributed by atoms with Crippen LogP contribution in [0.25, 0.3) is 0 Å². The number of carbonyl (C=O) groups excluding carboxylic acids is 1. The van der Waals surface area contributed by atoms with Gasteiger partial charge in [-0.15, -0.1) is 0 Å². The van der Waals surface area contributed by atoms with Crippen molar-refractivity contribution < 1.29 is 4.79 Å². The van der Waals surface area contributed by atoms with Crippen molar-refractivity contribution in [3.8, 4) is 0 Å². The molecule has 0 aromatic carbocycles. The van der Waals surface area contributed by atoms with Crippen LogP contribution in [0.4, 0.5) is 0 Å². The molecule has 1 amide bonds. The maximum Gasteiger partial charge on any atom is 0.270 e. The minimum absolute atomic E-state index is 0.0498. The SMILES string of the molecule is CCN1CCCC(CCNC(=O)c2ncccc2C)C1. The van der Waals surface area contributed by atoms with Gasteiger partial charge < -0.3 is 10.2 Å². The Morgan fingerprint density at radius 1 is 1.55 bits per heavy atom. The van der Waals surface area contributed by atoms with Crippen molar-refractivity contribution in [2.24, 2.45) is 5.92 Å². The predicted molar refractivity (Wildman–Crippen MR) is 80.8 cm³/mol. The Morgan fingerprint density at radius 2 is 2.40 bits per heavy atom. The summed E-state index contributed by atoms with van der Waals surface area (Å²) in [6, 6.07) is 3.77. The number of carbonyl (C=O) groups is 1. The summed E-state index contributed by atoms with van der Waals surface area (Å²) in [5.41, 5.74) is 1.48. The van der Waals surface area contributed by atoms with Crippen molar-refractivity contribution >= 4 is 5.91 Å². The van der Waals surface area contributed by atoms with Crippen LogP contribution in [0.3, 0.4) is 0 Å². The zero-order valence-corrected chi connectivity index (χ0v) is 12.6. The lowest BCUT2D eigenvalue weighted by Gasteiger charge is -2.31. The Hall–Kier alpha value is -1.42. The fourth-order valence-electron chi connectivity index (χ4n) is 2.87. The van der Waals surface area contributed by atoms with Gasteiger partial charge in [-0.3, -0.25) is 9.78 Å². The molecule has 1 aliphatic rings. The van der Waals surface area contributed by atoms with Crippen molar-refractivity contribution in [3.63, 3.8) is 0 Å². The molecule has 1 N–H and O–H groups in total. The smallest absolute Gasteiger partial charge is 0.270 e. The number of hydrogen-bond acceptors (Lipinski definition) is 3. The van der Waals surface area contributed by atoms with Gasteiger partial charge in [0.2, 0.25) is 0 Å². The van der Waals surface area contributed by atoms with E-state index in [2.05, 4.69) is 22.1 Å². The summed E-state index contributed by atoms with van der Waals surface area (Å²) in [6.45, 7) is 8.42. The lowest BCUT2D eigenvalue weighted by atomic mass is 9.95. The van der Waals surface area contributed by atoms with E-state index in [1.54, 1.807) is 6.20 Å². The number of aromatic nitrogens is 1. The van der Waals surface area contributed by atoms with Crippen LogP contribution in [0.2, 0.25) is 0 Å². The molecule has 1 saturated heterocycles. The van der Waals surface area contributed by atoms with Crippen LogP contribution in [0, 0.1) is 12.8 Å². The summed E-state index contributed by atoms with van der Waals surface area (Å²) in [5, 5.41) is 3.00. The number of rotatable bonds is 5. The van der Waals surface area contributed by atoms with Crippen LogP contribution >= 0.6 is 0 Å². The summed E-state index contributed by atoms with van der Waals surface area (Å²) in [5.74, 6) is 0.667. The second-order valence-electron chi connectivity index (χ2n) is 5.61. The first-order valence-electron chi connectivity index (χ1n) is 7.63. The molecule has 1 aliphatic heterocycles. The molecule has 2 heterocycles. The number of likely N-dealkylation sites (tertiary alicyclic amines) is 1. The van der Waals surface area contributed by atoms with E-state index in [4.69, 9.17) is 0 Å². The molecular weight excluding hydrogens is 250 g/mol. The third kappa shape index (κ3) is 4.04. The predicted octanol–water partition coefficient (Wildman–Crippen LogP) is 2.24. The van der Waals surface area contributed by atoms with Crippen LogP contribution in [0.15, 0.2) is 18.3 Å². The molecule has 1 aromatic rings. The third-order valence-electron chi connectivity index (χ3n) is 4.11. The molecule has 0 radical (unpaired) electrons. The van der Waals surface area contributed by atoms with E-state index in [-0.39, 0.29) is 5.91 Å². The van der Waals surface area contributed by atoms with Gasteiger partial charge in [-0.1, -0.05) is 13.0 Å². The lowest BCUT2D eigenvalue weighted by Crippen LogP contribution is -2.37. The van der Waals surface area contributed by atoms with E-state index in [9.17, 15) is 4.79 Å². The lowest BCUT2D eigenvalue weighted by molar-refractivity contribution is 0.0941. The standard InChI is InChI=1S/C16H25N3O/c1-3-19-11-5-7-14(12-19)8-10-18-16(20)15-13(2)6-4-9-17-15/h4,6,9,14H,3,5,7-8,10-12H2,1-2H3,(H,18,20). The molecule has 1 fully saturated rings. The highest BCUT2D eigenvalue weighted by atomic mass is 16.1. The van der Waals surface area contributed by atoms with Crippen LogP contribution in [-0.2, 0) is 0 Å². The Labute approximate surface area is 121 Å². The quantitative estimate of drug-likeness (QED) is 0.896. The summed E-state index contributed by atoms with van der Waals surface area (Å²) in [7, 11) is 0. The van der Waals surface area contributed by atoms with Crippen molar-refractivity contribution in [2.45, 2.75) is 33.1 Å². The summed E-state index contributed by atoms with van der Waals surface area (Å²) < 4.78 is 0. The normalized spacial score (nSPS) is 19.8. The average Bonchev–Trinajstić information content (AvgIpc) is 2.48. The fourth-order valence-corrected chi connectivity index (χ4v) is 2.87. The third-order valence-corrected chi connectivity index (χ3v) is 4.11. The van der Waals surface area contributed by atoms with E-state index in [1.807, 2.05) is 19.1 Å². The average molecular weight is 275 g/mol. The summed E-state index contributed by atoms with van der Waals surface area (Å²) in [4.78, 5) is 18.7. The molecule has 4 heteroatoms. The van der Waals surface area contributed by atoms with Gasteiger partial charge in [-0.05, 0) is 56.8 Å². The molecule has 0 spiro atoms. The molecule has 1 atom stereocenters. The second-order valence-corrected chi connectivity index (χ2v) is 5.61. The van der Waals surface area contributed by atoms with Crippen LogP contribution in [0.5, 0.6) is 0 Å². The van der Waals surface area contributed by atoms with E-state index in [0.29, 0.717) is 11.6 Å². The largest absolute Gasteiger partial charge is 0.351 e. The van der Waals surface area contributed by atoms with Crippen molar-refractivity contribution in [1.82, 2.24) is 15.2 Å². The van der Waals surface area contributed by atoms with E-state index in [0.717, 1.165) is 25.1 Å². The van der Waals surface area contributed by atoms with Gasteiger partial charge in [0.15, 0.2) is 0 Å². The molecule has 1 aromatic heterocycles. The summed E-state index contributed by atoms with van der Waals surface area (Å²) >= 11 is 0. The zero-order valence-electron chi connectivity index (χ0n) is 12.6. The first-order chi connectivity index (χ1) is 9.70. The Morgan fingerprint density at radius 3 is 3.15 bits per heavy atom. The number of amides is 1. The van der Waals surface area contributed by atoms with Crippen LogP contribution in [-0.4, -0.2) is 42.0 Å². The van der Waals surface area contributed by atoms with E-state index in [1.165, 1.54) is 25.9 Å². The first kappa shape index (κ1) is 15.0. The minimum atomic E-state index is -0.0498. The maximum absolute atomic E-state index is 12.0. The number of pyridine rings is 1. The molecule has 20 heavy (non-hydrogen) atoms. The van der Waals surface area contributed by atoms with Gasteiger partial charge in [0.25, 0.3) is 5.91 Å². The molecule has 2 rings (SSSR count). The highest BCUT2D eigenvalue weighted by Gasteiger charge is 2.18. The van der Waals surface area contributed by atoms with E-state index >= 15 is 0 Å². The molecular formula is C16H25N3O. The molecule has 0 saturated carbocycles. The molecule has 110 valence electrons. The highest BCUT2D eigenvalue weighted by Crippen LogP contribution is 2.18. The molecule has 0 aliphatic carbocycles. The number of piperidine rings is 1. The Balaban J connectivity index is 1.76. The van der Waals surface area contributed by atoms with Crippen LogP contribution < -0.4 is 5.32 Å². The van der Waals surface area contributed by atoms with E-state index < -0.39 is 0 Å². The monoisotopic (exact) mass is 275 g/mol.